The van der Waals surface area contributed by atoms with Crippen LogP contribution in [0.2, 0.25) is 5.02 Å². The van der Waals surface area contributed by atoms with Crippen LogP contribution in [0.5, 0.6) is 0 Å². The van der Waals surface area contributed by atoms with E-state index in [0.717, 1.165) is 4.31 Å². The Hall–Kier alpha value is -1.64. The van der Waals surface area contributed by atoms with E-state index in [4.69, 9.17) is 11.6 Å². The summed E-state index contributed by atoms with van der Waals surface area (Å²) < 4.78 is 26.4. The molecule has 1 unspecified atom stereocenters. The van der Waals surface area contributed by atoms with E-state index >= 15 is 0 Å². The second kappa shape index (κ2) is 7.76. The van der Waals surface area contributed by atoms with E-state index in [2.05, 4.69) is 5.32 Å². The number of aliphatic carboxylic acids is 1. The molecule has 1 aromatic rings. The molecular weight excluding hydrogens is 344 g/mol. The number of carboxylic acid groups (broad SMARTS) is 1. The zero-order valence-corrected chi connectivity index (χ0v) is 14.6. The van der Waals surface area contributed by atoms with Crippen molar-refractivity contribution in [2.45, 2.75) is 31.7 Å². The summed E-state index contributed by atoms with van der Waals surface area (Å²) in [4.78, 5) is 22.2. The maximum atomic E-state index is 12.8. The number of rotatable bonds is 7. The van der Waals surface area contributed by atoms with E-state index in [0.29, 0.717) is 10.6 Å². The molecule has 1 amide bonds. The normalized spacial score (nSPS) is 12.9. The van der Waals surface area contributed by atoms with Crippen molar-refractivity contribution in [3.05, 3.63) is 28.8 Å². The summed E-state index contributed by atoms with van der Waals surface area (Å²) >= 11 is 5.83. The molecule has 2 N–H and O–H groups in total. The van der Waals surface area contributed by atoms with Gasteiger partial charge in [0.1, 0.15) is 6.04 Å². The predicted molar refractivity (Wildman–Crippen MR) is 85.9 cm³/mol. The van der Waals surface area contributed by atoms with Crippen molar-refractivity contribution in [1.82, 2.24) is 9.62 Å². The monoisotopic (exact) mass is 362 g/mol. The first-order valence-electron chi connectivity index (χ1n) is 6.82. The topological polar surface area (TPSA) is 104 Å². The molecule has 1 atom stereocenters. The molecule has 7 nitrogen and oxygen atoms in total. The molecule has 23 heavy (non-hydrogen) atoms. The fraction of sp³-hybridized carbons (Fsp3) is 0.429. The lowest BCUT2D eigenvalue weighted by atomic mass is 10.2. The Labute approximate surface area is 140 Å². The second-order valence-corrected chi connectivity index (χ2v) is 7.32. The highest BCUT2D eigenvalue weighted by atomic mass is 35.5. The Morgan fingerprint density at radius 3 is 2.48 bits per heavy atom. The molecule has 0 spiro atoms. The van der Waals surface area contributed by atoms with Crippen LogP contribution in [0.4, 0.5) is 0 Å². The van der Waals surface area contributed by atoms with Crippen molar-refractivity contribution in [3.63, 3.8) is 0 Å². The summed E-state index contributed by atoms with van der Waals surface area (Å²) in [5.74, 6) is -1.60. The van der Waals surface area contributed by atoms with Gasteiger partial charge in [-0.2, -0.15) is 4.31 Å². The molecule has 1 aromatic carbocycles. The quantitative estimate of drug-likeness (QED) is 0.759. The van der Waals surface area contributed by atoms with E-state index in [9.17, 15) is 23.1 Å². The number of carboxylic acids is 1. The number of carbonyl (C=O) groups is 2. The number of halogens is 1. The maximum Gasteiger partial charge on any atom is 0.321 e. The van der Waals surface area contributed by atoms with E-state index in [-0.39, 0.29) is 23.9 Å². The number of nitrogens with one attached hydrogen (secondary N) is 1. The van der Waals surface area contributed by atoms with Crippen LogP contribution in [0.15, 0.2) is 23.1 Å². The van der Waals surface area contributed by atoms with E-state index in [1.807, 2.05) is 0 Å². The number of amides is 1. The summed E-state index contributed by atoms with van der Waals surface area (Å²) in [6, 6.07) is 2.99. The summed E-state index contributed by atoms with van der Waals surface area (Å²) in [5, 5.41) is 12.0. The minimum absolute atomic E-state index is 0.0127. The molecule has 0 fully saturated rings. The van der Waals surface area contributed by atoms with Crippen molar-refractivity contribution < 1.29 is 23.1 Å². The number of hydrogen-bond donors (Lipinski definition) is 2. The summed E-state index contributed by atoms with van der Waals surface area (Å²) in [6.45, 7) is 4.01. The van der Waals surface area contributed by atoms with Crippen LogP contribution in [-0.4, -0.2) is 48.8 Å². The molecular formula is C14H19ClN2O5S. The minimum atomic E-state index is -4.05. The van der Waals surface area contributed by atoms with Crippen LogP contribution in [0, 0.1) is 6.92 Å². The van der Waals surface area contributed by atoms with Gasteiger partial charge in [0.2, 0.25) is 15.9 Å². The van der Waals surface area contributed by atoms with Crippen LogP contribution in [0.25, 0.3) is 0 Å². The lowest BCUT2D eigenvalue weighted by Crippen LogP contribution is -2.46. The summed E-state index contributed by atoms with van der Waals surface area (Å²) in [7, 11) is -4.05. The first-order chi connectivity index (χ1) is 10.6. The van der Waals surface area contributed by atoms with Crippen LogP contribution >= 0.6 is 11.6 Å². The first kappa shape index (κ1) is 19.4. The van der Waals surface area contributed by atoms with Crippen LogP contribution < -0.4 is 5.32 Å². The van der Waals surface area contributed by atoms with Crippen molar-refractivity contribution in [1.29, 1.82) is 0 Å². The van der Waals surface area contributed by atoms with Gasteiger partial charge >= 0.3 is 5.97 Å². The first-order valence-corrected chi connectivity index (χ1v) is 8.64. The lowest BCUT2D eigenvalue weighted by Gasteiger charge is -2.26. The van der Waals surface area contributed by atoms with Crippen LogP contribution in [-0.2, 0) is 19.6 Å². The van der Waals surface area contributed by atoms with E-state index < -0.39 is 22.0 Å². The highest BCUT2D eigenvalue weighted by molar-refractivity contribution is 7.89. The van der Waals surface area contributed by atoms with Crippen LogP contribution in [0.1, 0.15) is 19.4 Å². The molecule has 0 radical (unpaired) electrons. The van der Waals surface area contributed by atoms with Gasteiger partial charge in [-0.25, -0.2) is 8.42 Å². The van der Waals surface area contributed by atoms with Gasteiger partial charge in [-0.1, -0.05) is 11.6 Å². The Morgan fingerprint density at radius 1 is 1.39 bits per heavy atom. The Bertz CT molecular complexity index is 705. The van der Waals surface area contributed by atoms with E-state index in [1.54, 1.807) is 6.92 Å². The molecule has 0 heterocycles. The standard InChI is InChI=1S/C14H19ClN2O5S/c1-9-8-12(15)4-5-13(9)23(21,22)17(10(2)14(19)20)7-6-16-11(3)18/h4-5,8,10H,6-7H2,1-3H3,(H,16,18)(H,19,20). The SMILES string of the molecule is CC(=O)NCCN(C(C)C(=O)O)S(=O)(=O)c1ccc(Cl)cc1C. The van der Waals surface area contributed by atoms with Gasteiger partial charge in [-0.05, 0) is 37.6 Å². The third kappa shape index (κ3) is 4.92. The van der Waals surface area contributed by atoms with Gasteiger partial charge < -0.3 is 10.4 Å². The van der Waals surface area contributed by atoms with E-state index in [1.165, 1.54) is 32.0 Å². The average Bonchev–Trinajstić information content (AvgIpc) is 2.41. The molecule has 0 aromatic heterocycles. The van der Waals surface area contributed by atoms with Crippen molar-refractivity contribution in [2.24, 2.45) is 0 Å². The number of aryl methyl sites for hydroxylation is 1. The summed E-state index contributed by atoms with van der Waals surface area (Å²) in [6.07, 6.45) is 0. The van der Waals surface area contributed by atoms with Gasteiger partial charge in [0, 0.05) is 25.0 Å². The van der Waals surface area contributed by atoms with Gasteiger partial charge in [0.25, 0.3) is 0 Å². The lowest BCUT2D eigenvalue weighted by molar-refractivity contribution is -0.140. The van der Waals surface area contributed by atoms with Gasteiger partial charge in [0.05, 0.1) is 4.90 Å². The zero-order chi connectivity index (χ0) is 17.8. The highest BCUT2D eigenvalue weighted by Gasteiger charge is 2.33. The number of sulfonamides is 1. The fourth-order valence-electron chi connectivity index (χ4n) is 2.02. The molecule has 1 rings (SSSR count). The molecule has 0 bridgehead atoms. The molecule has 0 aliphatic heterocycles. The van der Waals surface area contributed by atoms with Gasteiger partial charge in [-0.15, -0.1) is 0 Å². The number of nitrogens with zero attached hydrogens (tertiary/aromatic N) is 1. The Morgan fingerprint density at radius 2 is 2.00 bits per heavy atom. The van der Waals surface area contributed by atoms with Crippen molar-refractivity contribution >= 4 is 33.5 Å². The number of benzene rings is 1. The van der Waals surface area contributed by atoms with Gasteiger partial charge in [-0.3, -0.25) is 9.59 Å². The molecule has 0 aliphatic carbocycles. The second-order valence-electron chi connectivity index (χ2n) is 5.02. The number of carbonyl (C=O) groups excluding carboxylic acids is 1. The summed E-state index contributed by atoms with van der Waals surface area (Å²) in [5.41, 5.74) is 0.416. The molecule has 128 valence electrons. The van der Waals surface area contributed by atoms with Crippen molar-refractivity contribution in [3.8, 4) is 0 Å². The Balaban J connectivity index is 3.21. The largest absolute Gasteiger partial charge is 0.480 e. The van der Waals surface area contributed by atoms with Crippen molar-refractivity contribution in [2.75, 3.05) is 13.1 Å². The molecule has 0 saturated heterocycles. The fourth-order valence-corrected chi connectivity index (χ4v) is 4.04. The zero-order valence-electron chi connectivity index (χ0n) is 13.0. The number of hydrogen-bond acceptors (Lipinski definition) is 4. The van der Waals surface area contributed by atoms with Gasteiger partial charge in [0.15, 0.2) is 0 Å². The molecule has 9 heteroatoms. The third-order valence-corrected chi connectivity index (χ3v) is 5.58. The van der Waals surface area contributed by atoms with Crippen LogP contribution in [0.3, 0.4) is 0 Å². The predicted octanol–water partition coefficient (Wildman–Crippen LogP) is 1.25. The molecule has 0 saturated carbocycles. The molecule has 0 aliphatic rings. The average molecular weight is 363 g/mol. The Kier molecular flexibility index (Phi) is 6.55. The highest BCUT2D eigenvalue weighted by Crippen LogP contribution is 2.24. The maximum absolute atomic E-state index is 12.8. The smallest absolute Gasteiger partial charge is 0.321 e. The third-order valence-electron chi connectivity index (χ3n) is 3.22. The minimum Gasteiger partial charge on any atom is -0.480 e.